The number of nitrogens with zero attached hydrogens (tertiary/aromatic N) is 3. The van der Waals surface area contributed by atoms with Gasteiger partial charge in [-0.1, -0.05) is 18.2 Å². The number of anilines is 1. The summed E-state index contributed by atoms with van der Waals surface area (Å²) in [4.78, 5) is 23.7. The van der Waals surface area contributed by atoms with E-state index in [0.29, 0.717) is 10.1 Å². The van der Waals surface area contributed by atoms with Crippen molar-refractivity contribution in [3.63, 3.8) is 0 Å². The molecule has 4 rings (SSSR count). The van der Waals surface area contributed by atoms with Crippen molar-refractivity contribution in [1.82, 2.24) is 4.98 Å². The number of amidine groups is 1. The van der Waals surface area contributed by atoms with Crippen molar-refractivity contribution in [3.05, 3.63) is 40.3 Å². The predicted octanol–water partition coefficient (Wildman–Crippen LogP) is 3.46. The van der Waals surface area contributed by atoms with E-state index in [4.69, 9.17) is 10.7 Å². The standard InChI is InChI=1S/C19H20N4OS/c1-12-6-5-7-13-10-14(11-15-18(24)22-19(20)25-15)17(21-16(12)13)23-8-3-2-4-9-23/h5-7,10-11H,2-4,8-9H2,1H3,(H2,20,22,24)/b15-11+. The number of pyridine rings is 1. The van der Waals surface area contributed by atoms with Crippen molar-refractivity contribution in [3.8, 4) is 0 Å². The molecule has 2 aromatic rings. The zero-order valence-corrected chi connectivity index (χ0v) is 15.0. The van der Waals surface area contributed by atoms with Crippen molar-refractivity contribution < 1.29 is 4.79 Å². The summed E-state index contributed by atoms with van der Waals surface area (Å²) in [5.74, 6) is 0.685. The van der Waals surface area contributed by atoms with Crippen molar-refractivity contribution in [1.29, 1.82) is 0 Å². The molecule has 1 aromatic carbocycles. The van der Waals surface area contributed by atoms with Crippen molar-refractivity contribution in [2.24, 2.45) is 10.7 Å². The van der Waals surface area contributed by atoms with Gasteiger partial charge in [0.25, 0.3) is 5.91 Å². The third-order valence-corrected chi connectivity index (χ3v) is 5.45. The monoisotopic (exact) mass is 352 g/mol. The van der Waals surface area contributed by atoms with E-state index in [9.17, 15) is 4.79 Å². The smallest absolute Gasteiger partial charge is 0.286 e. The average Bonchev–Trinajstić information content (AvgIpc) is 2.93. The summed E-state index contributed by atoms with van der Waals surface area (Å²) in [5.41, 5.74) is 8.83. The summed E-state index contributed by atoms with van der Waals surface area (Å²) in [6.45, 7) is 4.08. The third-order valence-electron chi connectivity index (χ3n) is 4.64. The minimum Gasteiger partial charge on any atom is -0.378 e. The fraction of sp³-hybridized carbons (Fsp3) is 0.316. The van der Waals surface area contributed by atoms with Gasteiger partial charge in [-0.25, -0.2) is 4.98 Å². The van der Waals surface area contributed by atoms with Crippen LogP contribution in [-0.4, -0.2) is 29.1 Å². The number of thioether (sulfide) groups is 1. The van der Waals surface area contributed by atoms with Crippen LogP contribution in [0.1, 0.15) is 30.4 Å². The van der Waals surface area contributed by atoms with Crippen LogP contribution in [0.2, 0.25) is 0 Å². The molecule has 0 bridgehead atoms. The van der Waals surface area contributed by atoms with E-state index >= 15 is 0 Å². The molecule has 128 valence electrons. The molecule has 2 aliphatic heterocycles. The van der Waals surface area contributed by atoms with Crippen LogP contribution < -0.4 is 10.6 Å². The van der Waals surface area contributed by atoms with Gasteiger partial charge in [-0.05, 0) is 55.7 Å². The highest BCUT2D eigenvalue weighted by Gasteiger charge is 2.22. The summed E-state index contributed by atoms with van der Waals surface area (Å²) in [6, 6.07) is 8.30. The van der Waals surface area contributed by atoms with Gasteiger partial charge in [0.05, 0.1) is 10.4 Å². The van der Waals surface area contributed by atoms with Gasteiger partial charge in [0.1, 0.15) is 5.82 Å². The SMILES string of the molecule is Cc1cccc2cc(/C=C3/SC(N)=NC3=O)c(N3CCCCC3)nc12. The Morgan fingerprint density at radius 1 is 1.24 bits per heavy atom. The Labute approximate surface area is 151 Å². The number of benzene rings is 1. The van der Waals surface area contributed by atoms with E-state index in [1.165, 1.54) is 31.0 Å². The molecule has 0 unspecified atom stereocenters. The van der Waals surface area contributed by atoms with Crippen LogP contribution in [0.5, 0.6) is 0 Å². The minimum absolute atomic E-state index is 0.267. The number of aryl methyl sites for hydroxylation is 1. The van der Waals surface area contributed by atoms with Crippen molar-refractivity contribution >= 4 is 45.6 Å². The van der Waals surface area contributed by atoms with E-state index in [1.54, 1.807) is 0 Å². The molecule has 1 saturated heterocycles. The molecule has 0 radical (unpaired) electrons. The number of carbonyl (C=O) groups excluding carboxylic acids is 1. The number of amides is 1. The first-order valence-electron chi connectivity index (χ1n) is 8.55. The lowest BCUT2D eigenvalue weighted by Crippen LogP contribution is -2.30. The van der Waals surface area contributed by atoms with Gasteiger partial charge in [0.15, 0.2) is 5.17 Å². The molecule has 1 amide bonds. The second-order valence-electron chi connectivity index (χ2n) is 6.46. The van der Waals surface area contributed by atoms with Gasteiger partial charge in [-0.2, -0.15) is 4.99 Å². The fourth-order valence-electron chi connectivity index (χ4n) is 3.39. The topological polar surface area (TPSA) is 71.6 Å². The second kappa shape index (κ2) is 6.52. The van der Waals surface area contributed by atoms with Gasteiger partial charge >= 0.3 is 0 Å². The number of nitrogens with two attached hydrogens (primary N) is 1. The number of hydrogen-bond donors (Lipinski definition) is 1. The highest BCUT2D eigenvalue weighted by molar-refractivity contribution is 8.18. The molecule has 0 saturated carbocycles. The van der Waals surface area contributed by atoms with E-state index in [1.807, 2.05) is 12.1 Å². The van der Waals surface area contributed by atoms with Crippen molar-refractivity contribution in [2.45, 2.75) is 26.2 Å². The van der Waals surface area contributed by atoms with Crippen LogP contribution in [0.3, 0.4) is 0 Å². The van der Waals surface area contributed by atoms with E-state index in [0.717, 1.165) is 40.9 Å². The van der Waals surface area contributed by atoms with Crippen LogP contribution >= 0.6 is 11.8 Å². The molecule has 6 heteroatoms. The number of fused-ring (bicyclic) bond motifs is 1. The van der Waals surface area contributed by atoms with E-state index in [-0.39, 0.29) is 5.91 Å². The van der Waals surface area contributed by atoms with Gasteiger partial charge in [0.2, 0.25) is 0 Å². The summed E-state index contributed by atoms with van der Waals surface area (Å²) >= 11 is 1.23. The molecule has 5 nitrogen and oxygen atoms in total. The molecule has 1 fully saturated rings. The Hall–Kier alpha value is -2.34. The average molecular weight is 352 g/mol. The van der Waals surface area contributed by atoms with E-state index in [2.05, 4.69) is 35.0 Å². The zero-order valence-electron chi connectivity index (χ0n) is 14.2. The Morgan fingerprint density at radius 3 is 2.76 bits per heavy atom. The molecule has 2 aliphatic rings. The number of carbonyl (C=O) groups is 1. The Morgan fingerprint density at radius 2 is 2.04 bits per heavy atom. The molecule has 3 heterocycles. The second-order valence-corrected chi connectivity index (χ2v) is 7.52. The number of hydrogen-bond acceptors (Lipinski definition) is 5. The van der Waals surface area contributed by atoms with Gasteiger partial charge in [-0.15, -0.1) is 0 Å². The first kappa shape index (κ1) is 16.1. The summed E-state index contributed by atoms with van der Waals surface area (Å²) in [7, 11) is 0. The molecule has 1 aromatic heterocycles. The molecule has 0 atom stereocenters. The molecular weight excluding hydrogens is 332 g/mol. The van der Waals surface area contributed by atoms with Crippen molar-refractivity contribution in [2.75, 3.05) is 18.0 Å². The van der Waals surface area contributed by atoms with Gasteiger partial charge < -0.3 is 10.6 Å². The molecular formula is C19H20N4OS. The maximum Gasteiger partial charge on any atom is 0.286 e. The lowest BCUT2D eigenvalue weighted by atomic mass is 10.1. The number of aromatic nitrogens is 1. The normalized spacial score (nSPS) is 19.7. The summed E-state index contributed by atoms with van der Waals surface area (Å²) in [6.07, 6.45) is 5.49. The van der Waals surface area contributed by atoms with Crippen LogP contribution in [0.15, 0.2) is 34.2 Å². The quantitative estimate of drug-likeness (QED) is 0.838. The lowest BCUT2D eigenvalue weighted by molar-refractivity contribution is -0.113. The van der Waals surface area contributed by atoms with Crippen LogP contribution in [0.4, 0.5) is 5.82 Å². The highest BCUT2D eigenvalue weighted by atomic mass is 32.2. The fourth-order valence-corrected chi connectivity index (χ4v) is 4.06. The molecule has 25 heavy (non-hydrogen) atoms. The van der Waals surface area contributed by atoms with Gasteiger partial charge in [0, 0.05) is 24.0 Å². The third kappa shape index (κ3) is 3.14. The first-order chi connectivity index (χ1) is 12.1. The largest absolute Gasteiger partial charge is 0.378 e. The lowest BCUT2D eigenvalue weighted by Gasteiger charge is -2.29. The van der Waals surface area contributed by atoms with Crippen LogP contribution in [0, 0.1) is 6.92 Å². The maximum atomic E-state index is 12.0. The van der Waals surface area contributed by atoms with Gasteiger partial charge in [-0.3, -0.25) is 4.79 Å². The predicted molar refractivity (Wildman–Crippen MR) is 105 cm³/mol. The molecule has 2 N–H and O–H groups in total. The maximum absolute atomic E-state index is 12.0. The number of aliphatic imine (C=N–C) groups is 1. The molecule has 0 aliphatic carbocycles. The minimum atomic E-state index is -0.267. The van der Waals surface area contributed by atoms with Crippen LogP contribution in [-0.2, 0) is 4.79 Å². The Balaban J connectivity index is 1.86. The number of piperidine rings is 1. The number of rotatable bonds is 2. The number of para-hydroxylation sites is 1. The Kier molecular flexibility index (Phi) is 4.21. The zero-order chi connectivity index (χ0) is 17.4. The summed E-state index contributed by atoms with van der Waals surface area (Å²) in [5, 5.41) is 1.39. The highest BCUT2D eigenvalue weighted by Crippen LogP contribution is 2.32. The van der Waals surface area contributed by atoms with Crippen LogP contribution in [0.25, 0.3) is 17.0 Å². The Bertz CT molecular complexity index is 913. The first-order valence-corrected chi connectivity index (χ1v) is 9.37. The summed E-state index contributed by atoms with van der Waals surface area (Å²) < 4.78 is 0. The molecule has 0 spiro atoms. The van der Waals surface area contributed by atoms with E-state index < -0.39 is 0 Å².